The van der Waals surface area contributed by atoms with Crippen molar-refractivity contribution in [1.29, 1.82) is 0 Å². The van der Waals surface area contributed by atoms with E-state index in [2.05, 4.69) is 36.8 Å². The number of aryl methyl sites for hydroxylation is 1. The number of rotatable bonds is 4. The Bertz CT molecular complexity index is 629. The summed E-state index contributed by atoms with van der Waals surface area (Å²) >= 11 is 0. The van der Waals surface area contributed by atoms with Gasteiger partial charge in [0.05, 0.1) is 13.1 Å². The Balaban J connectivity index is 1.30. The molecule has 3 fully saturated rings. The lowest BCUT2D eigenvalue weighted by Gasteiger charge is -2.41. The first-order valence-electron chi connectivity index (χ1n) is 9.69. The minimum Gasteiger partial charge on any atom is -0.487 e. The summed E-state index contributed by atoms with van der Waals surface area (Å²) in [6, 6.07) is 8.63. The molecule has 3 aliphatic rings. The number of nitrogens with zero attached hydrogens (tertiary/aromatic N) is 1. The van der Waals surface area contributed by atoms with Gasteiger partial charge in [-0.1, -0.05) is 26.0 Å². The highest BCUT2D eigenvalue weighted by Gasteiger charge is 2.46. The molecular formula is C20H29N3O2. The highest BCUT2D eigenvalue weighted by Crippen LogP contribution is 2.34. The van der Waals surface area contributed by atoms with Gasteiger partial charge in [-0.3, -0.25) is 10.2 Å². The summed E-state index contributed by atoms with van der Waals surface area (Å²) in [5.74, 6) is 2.29. The minimum absolute atomic E-state index is 0.0721. The van der Waals surface area contributed by atoms with E-state index in [9.17, 15) is 4.79 Å². The zero-order chi connectivity index (χ0) is 17.4. The second-order valence-electron chi connectivity index (χ2n) is 7.94. The second-order valence-corrected chi connectivity index (χ2v) is 7.94. The molecule has 2 aliphatic heterocycles. The molecule has 1 aromatic carbocycles. The highest BCUT2D eigenvalue weighted by atomic mass is 16.5. The van der Waals surface area contributed by atoms with Crippen LogP contribution in [0.1, 0.15) is 38.7 Å². The molecule has 1 amide bonds. The Morgan fingerprint density at radius 3 is 2.92 bits per heavy atom. The fourth-order valence-corrected chi connectivity index (χ4v) is 4.44. The van der Waals surface area contributed by atoms with E-state index in [1.165, 1.54) is 18.4 Å². The summed E-state index contributed by atoms with van der Waals surface area (Å²) in [5, 5.41) is 0. The molecular weight excluding hydrogens is 314 g/mol. The lowest BCUT2D eigenvalue weighted by molar-refractivity contribution is -0.143. The van der Waals surface area contributed by atoms with Gasteiger partial charge in [0.1, 0.15) is 17.9 Å². The van der Waals surface area contributed by atoms with E-state index < -0.39 is 0 Å². The van der Waals surface area contributed by atoms with Crippen molar-refractivity contribution in [2.24, 2.45) is 11.8 Å². The van der Waals surface area contributed by atoms with Crippen LogP contribution in [0.4, 0.5) is 0 Å². The number of nitrogens with one attached hydrogen (secondary N) is 2. The van der Waals surface area contributed by atoms with Crippen molar-refractivity contribution >= 4 is 5.91 Å². The molecule has 4 rings (SSSR count). The first-order valence-corrected chi connectivity index (χ1v) is 9.69. The molecule has 25 heavy (non-hydrogen) atoms. The normalized spacial score (nSPS) is 32.2. The van der Waals surface area contributed by atoms with Gasteiger partial charge in [-0.15, -0.1) is 0 Å². The van der Waals surface area contributed by atoms with Crippen molar-refractivity contribution in [1.82, 2.24) is 15.8 Å². The highest BCUT2D eigenvalue weighted by molar-refractivity contribution is 5.83. The second kappa shape index (κ2) is 6.96. The fourth-order valence-electron chi connectivity index (χ4n) is 4.44. The van der Waals surface area contributed by atoms with Gasteiger partial charge in [0, 0.05) is 12.0 Å². The Kier molecular flexibility index (Phi) is 4.69. The number of likely N-dealkylation sites (tertiary alicyclic amines) is 1. The molecule has 2 saturated heterocycles. The number of hydrogen-bond donors (Lipinski definition) is 2. The zero-order valence-corrected chi connectivity index (χ0v) is 15.2. The number of amides is 1. The summed E-state index contributed by atoms with van der Waals surface area (Å²) in [7, 11) is 0. The molecule has 1 aromatic rings. The Labute approximate surface area is 150 Å². The molecule has 1 saturated carbocycles. The van der Waals surface area contributed by atoms with Gasteiger partial charge in [-0.05, 0) is 49.3 Å². The average molecular weight is 343 g/mol. The van der Waals surface area contributed by atoms with E-state index in [1.54, 1.807) is 0 Å². The maximum Gasteiger partial charge on any atom is 0.241 e. The van der Waals surface area contributed by atoms with Crippen LogP contribution in [-0.2, 0) is 11.2 Å². The lowest BCUT2D eigenvalue weighted by Crippen LogP contribution is -2.61. The molecule has 2 heterocycles. The standard InChI is InChI=1S/C20H29N3O2/c1-3-14-5-4-6-15(10-14)25-16-11-23(12-16)20(24)19-17-9-13(2)7-8-18(17)21-22-19/h4-6,10,13,16-19,21-22H,3,7-9,11-12H2,1-2H3. The van der Waals surface area contributed by atoms with Crippen LogP contribution in [0.3, 0.4) is 0 Å². The molecule has 5 heteroatoms. The van der Waals surface area contributed by atoms with Crippen LogP contribution in [0.25, 0.3) is 0 Å². The predicted octanol–water partition coefficient (Wildman–Crippen LogP) is 2.12. The summed E-state index contributed by atoms with van der Waals surface area (Å²) in [5.41, 5.74) is 7.89. The van der Waals surface area contributed by atoms with Crippen molar-refractivity contribution in [3.05, 3.63) is 29.8 Å². The fraction of sp³-hybridized carbons (Fsp3) is 0.650. The number of hydrazine groups is 1. The van der Waals surface area contributed by atoms with Gasteiger partial charge in [0.2, 0.25) is 5.91 Å². The topological polar surface area (TPSA) is 53.6 Å². The van der Waals surface area contributed by atoms with Crippen LogP contribution in [0, 0.1) is 11.8 Å². The molecule has 4 atom stereocenters. The maximum absolute atomic E-state index is 12.9. The van der Waals surface area contributed by atoms with Gasteiger partial charge in [0.15, 0.2) is 0 Å². The quantitative estimate of drug-likeness (QED) is 0.879. The maximum atomic E-state index is 12.9. The minimum atomic E-state index is -0.0721. The zero-order valence-electron chi connectivity index (χ0n) is 15.2. The van der Waals surface area contributed by atoms with Crippen molar-refractivity contribution in [3.63, 3.8) is 0 Å². The van der Waals surface area contributed by atoms with E-state index in [4.69, 9.17) is 4.74 Å². The third-order valence-corrected chi connectivity index (χ3v) is 6.05. The monoisotopic (exact) mass is 343 g/mol. The van der Waals surface area contributed by atoms with E-state index in [-0.39, 0.29) is 18.1 Å². The molecule has 5 nitrogen and oxygen atoms in total. The van der Waals surface area contributed by atoms with Gasteiger partial charge >= 0.3 is 0 Å². The van der Waals surface area contributed by atoms with E-state index in [0.717, 1.165) is 24.5 Å². The molecule has 0 bridgehead atoms. The largest absolute Gasteiger partial charge is 0.487 e. The van der Waals surface area contributed by atoms with Gasteiger partial charge in [-0.25, -0.2) is 5.43 Å². The summed E-state index contributed by atoms with van der Waals surface area (Å²) in [6.45, 7) is 5.83. The van der Waals surface area contributed by atoms with Gasteiger partial charge in [0.25, 0.3) is 0 Å². The number of carbonyl (C=O) groups is 1. The summed E-state index contributed by atoms with van der Waals surface area (Å²) in [4.78, 5) is 14.8. The summed E-state index contributed by atoms with van der Waals surface area (Å²) in [6.07, 6.45) is 4.69. The first-order chi connectivity index (χ1) is 12.1. The third-order valence-electron chi connectivity index (χ3n) is 6.05. The van der Waals surface area contributed by atoms with Crippen molar-refractivity contribution in [3.8, 4) is 5.75 Å². The Morgan fingerprint density at radius 1 is 1.28 bits per heavy atom. The molecule has 2 N–H and O–H groups in total. The van der Waals surface area contributed by atoms with Crippen LogP contribution >= 0.6 is 0 Å². The smallest absolute Gasteiger partial charge is 0.241 e. The third kappa shape index (κ3) is 3.40. The molecule has 0 radical (unpaired) electrons. The van der Waals surface area contributed by atoms with Gasteiger partial charge in [-0.2, -0.15) is 0 Å². The number of fused-ring (bicyclic) bond motifs is 1. The Morgan fingerprint density at radius 2 is 2.12 bits per heavy atom. The molecule has 136 valence electrons. The van der Waals surface area contributed by atoms with Crippen LogP contribution in [0.5, 0.6) is 5.75 Å². The summed E-state index contributed by atoms with van der Waals surface area (Å²) < 4.78 is 6.03. The van der Waals surface area contributed by atoms with E-state index >= 15 is 0 Å². The van der Waals surface area contributed by atoms with Crippen molar-refractivity contribution in [2.75, 3.05) is 13.1 Å². The number of carbonyl (C=O) groups excluding carboxylic acids is 1. The van der Waals surface area contributed by atoms with Crippen LogP contribution in [-0.4, -0.2) is 42.1 Å². The lowest BCUT2D eigenvalue weighted by atomic mass is 9.76. The average Bonchev–Trinajstić information content (AvgIpc) is 3.00. The van der Waals surface area contributed by atoms with Crippen LogP contribution in [0.2, 0.25) is 0 Å². The molecule has 0 aromatic heterocycles. The SMILES string of the molecule is CCc1cccc(OC2CN(C(=O)C3NNC4CCC(C)CC43)C2)c1. The van der Waals surface area contributed by atoms with E-state index in [0.29, 0.717) is 25.0 Å². The predicted molar refractivity (Wildman–Crippen MR) is 97.2 cm³/mol. The van der Waals surface area contributed by atoms with E-state index in [1.807, 2.05) is 17.0 Å². The Hall–Kier alpha value is -1.59. The number of ether oxygens (including phenoxy) is 1. The van der Waals surface area contributed by atoms with Gasteiger partial charge < -0.3 is 9.64 Å². The molecule has 1 aliphatic carbocycles. The van der Waals surface area contributed by atoms with Crippen molar-refractivity contribution in [2.45, 2.75) is 57.7 Å². The number of hydrogen-bond acceptors (Lipinski definition) is 4. The molecule has 4 unspecified atom stereocenters. The first kappa shape index (κ1) is 16.9. The van der Waals surface area contributed by atoms with Crippen LogP contribution < -0.4 is 15.6 Å². The molecule has 0 spiro atoms. The number of benzene rings is 1. The van der Waals surface area contributed by atoms with Crippen molar-refractivity contribution < 1.29 is 9.53 Å². The van der Waals surface area contributed by atoms with Crippen LogP contribution in [0.15, 0.2) is 24.3 Å².